The Morgan fingerprint density at radius 3 is 3.00 bits per heavy atom. The van der Waals surface area contributed by atoms with E-state index in [2.05, 4.69) is 21.1 Å². The predicted molar refractivity (Wildman–Crippen MR) is 117 cm³/mol. The Morgan fingerprint density at radius 1 is 1.27 bits per heavy atom. The molecular formula is C22H23N5O2S. The highest BCUT2D eigenvalue weighted by Gasteiger charge is 2.27. The van der Waals surface area contributed by atoms with E-state index in [4.69, 9.17) is 4.98 Å². The summed E-state index contributed by atoms with van der Waals surface area (Å²) in [5.74, 6) is 1.67. The summed E-state index contributed by atoms with van der Waals surface area (Å²) in [5, 5.41) is 3.74. The molecule has 5 rings (SSSR count). The number of rotatable bonds is 4. The fourth-order valence-electron chi connectivity index (χ4n) is 4.19. The molecule has 2 aliphatic rings. The predicted octanol–water partition coefficient (Wildman–Crippen LogP) is 3.43. The highest BCUT2D eigenvalue weighted by atomic mass is 32.2. The number of fused-ring (bicyclic) bond motifs is 2. The number of aryl methyl sites for hydroxylation is 3. The van der Waals surface area contributed by atoms with Gasteiger partial charge in [-0.05, 0) is 25.8 Å². The summed E-state index contributed by atoms with van der Waals surface area (Å²) in [4.78, 5) is 34.5. The van der Waals surface area contributed by atoms with Crippen LogP contribution >= 0.6 is 11.8 Å². The van der Waals surface area contributed by atoms with Gasteiger partial charge in [-0.15, -0.1) is 0 Å². The molecule has 0 saturated heterocycles. The van der Waals surface area contributed by atoms with Crippen LogP contribution in [0.1, 0.15) is 36.8 Å². The minimum atomic E-state index is -0.183. The molecule has 1 amide bonds. The topological polar surface area (TPSA) is 81.8 Å². The number of hydrogen-bond acceptors (Lipinski definition) is 5. The lowest BCUT2D eigenvalue weighted by Crippen LogP contribution is -2.27. The van der Waals surface area contributed by atoms with Gasteiger partial charge in [0.15, 0.2) is 5.16 Å². The average Bonchev–Trinajstić information content (AvgIpc) is 3.32. The molecule has 0 aliphatic carbocycles. The van der Waals surface area contributed by atoms with Gasteiger partial charge in [-0.25, -0.2) is 9.97 Å². The highest BCUT2D eigenvalue weighted by molar-refractivity contribution is 7.99. The lowest BCUT2D eigenvalue weighted by Gasteiger charge is -2.14. The average molecular weight is 422 g/mol. The summed E-state index contributed by atoms with van der Waals surface area (Å²) in [7, 11) is 0. The van der Waals surface area contributed by atoms with Crippen molar-refractivity contribution in [1.29, 1.82) is 0 Å². The number of nitrogens with zero attached hydrogens (tertiary/aromatic N) is 4. The lowest BCUT2D eigenvalue weighted by molar-refractivity contribution is -0.116. The van der Waals surface area contributed by atoms with E-state index in [0.717, 1.165) is 35.7 Å². The zero-order chi connectivity index (χ0) is 20.7. The van der Waals surface area contributed by atoms with Gasteiger partial charge >= 0.3 is 0 Å². The molecule has 2 aliphatic heterocycles. The number of para-hydroxylation sites is 1. The minimum Gasteiger partial charge on any atom is -0.334 e. The van der Waals surface area contributed by atoms with Crippen molar-refractivity contribution in [3.05, 3.63) is 58.4 Å². The zero-order valence-electron chi connectivity index (χ0n) is 16.8. The van der Waals surface area contributed by atoms with Crippen molar-refractivity contribution < 1.29 is 4.79 Å². The SMILES string of the molecule is Cc1cc(=O)n2c(n1)SCC2CC(=O)Nc1ccccc1-c1cn2c(n1)CCCC2. The van der Waals surface area contributed by atoms with Gasteiger partial charge in [0.2, 0.25) is 5.91 Å². The maximum atomic E-state index is 12.9. The highest BCUT2D eigenvalue weighted by Crippen LogP contribution is 2.33. The van der Waals surface area contributed by atoms with Crippen LogP contribution < -0.4 is 10.9 Å². The number of imidazole rings is 1. The third-order valence-electron chi connectivity index (χ3n) is 5.62. The maximum Gasteiger partial charge on any atom is 0.254 e. The van der Waals surface area contributed by atoms with Crippen LogP contribution in [0.3, 0.4) is 0 Å². The molecule has 0 spiro atoms. The third kappa shape index (κ3) is 3.56. The number of amides is 1. The molecule has 3 aromatic rings. The number of carbonyl (C=O) groups is 1. The maximum absolute atomic E-state index is 12.9. The van der Waals surface area contributed by atoms with Gasteiger partial charge in [0, 0.05) is 48.7 Å². The Morgan fingerprint density at radius 2 is 2.13 bits per heavy atom. The first-order chi connectivity index (χ1) is 14.6. The second kappa shape index (κ2) is 7.75. The molecule has 1 aromatic carbocycles. The largest absolute Gasteiger partial charge is 0.334 e. The van der Waals surface area contributed by atoms with Crippen LogP contribution in [0.4, 0.5) is 5.69 Å². The number of nitrogens with one attached hydrogen (secondary N) is 1. The fraction of sp³-hybridized carbons (Fsp3) is 0.364. The Labute approximate surface area is 178 Å². The number of carbonyl (C=O) groups excluding carboxylic acids is 1. The quantitative estimate of drug-likeness (QED) is 0.653. The van der Waals surface area contributed by atoms with Crippen LogP contribution in [0.15, 0.2) is 46.5 Å². The molecule has 1 unspecified atom stereocenters. The first-order valence-electron chi connectivity index (χ1n) is 10.3. The van der Waals surface area contributed by atoms with Crippen molar-refractivity contribution in [2.24, 2.45) is 0 Å². The van der Waals surface area contributed by atoms with Gasteiger partial charge in [0.25, 0.3) is 5.56 Å². The monoisotopic (exact) mass is 421 g/mol. The molecule has 7 nitrogen and oxygen atoms in total. The van der Waals surface area contributed by atoms with E-state index in [1.165, 1.54) is 30.7 Å². The standard InChI is InChI=1S/C22H23N5O2S/c1-14-10-21(29)27-15(13-30-22(27)23-14)11-20(28)25-17-7-3-2-6-16(17)18-12-26-9-5-4-8-19(26)24-18/h2-3,6-7,10,12,15H,4-5,8-9,11,13H2,1H3,(H,25,28). The molecule has 8 heteroatoms. The van der Waals surface area contributed by atoms with Crippen molar-refractivity contribution >= 4 is 23.4 Å². The number of thioether (sulfide) groups is 1. The molecule has 0 radical (unpaired) electrons. The van der Waals surface area contributed by atoms with Crippen molar-refractivity contribution in [1.82, 2.24) is 19.1 Å². The number of aromatic nitrogens is 4. The fourth-order valence-corrected chi connectivity index (χ4v) is 5.38. The number of benzene rings is 1. The second-order valence-electron chi connectivity index (χ2n) is 7.84. The van der Waals surface area contributed by atoms with Gasteiger partial charge in [-0.2, -0.15) is 0 Å². The van der Waals surface area contributed by atoms with E-state index in [9.17, 15) is 9.59 Å². The molecule has 4 heterocycles. The van der Waals surface area contributed by atoms with Crippen molar-refractivity contribution in [2.75, 3.05) is 11.1 Å². The van der Waals surface area contributed by atoms with E-state index in [1.807, 2.05) is 31.2 Å². The van der Waals surface area contributed by atoms with Crippen LogP contribution in [0.5, 0.6) is 0 Å². The van der Waals surface area contributed by atoms with Crippen LogP contribution in [-0.4, -0.2) is 30.8 Å². The summed E-state index contributed by atoms with van der Waals surface area (Å²) in [6.07, 6.45) is 5.66. The minimum absolute atomic E-state index is 0.0932. The zero-order valence-corrected chi connectivity index (χ0v) is 17.6. The van der Waals surface area contributed by atoms with Gasteiger partial charge in [-0.1, -0.05) is 30.0 Å². The van der Waals surface area contributed by atoms with Gasteiger partial charge in [-0.3, -0.25) is 14.2 Å². The molecule has 30 heavy (non-hydrogen) atoms. The van der Waals surface area contributed by atoms with E-state index in [0.29, 0.717) is 16.6 Å². The Bertz CT molecular complexity index is 1160. The van der Waals surface area contributed by atoms with E-state index < -0.39 is 0 Å². The summed E-state index contributed by atoms with van der Waals surface area (Å²) < 4.78 is 3.86. The van der Waals surface area contributed by atoms with Gasteiger partial charge < -0.3 is 9.88 Å². The van der Waals surface area contributed by atoms with E-state index in [1.54, 1.807) is 4.57 Å². The smallest absolute Gasteiger partial charge is 0.254 e. The molecular weight excluding hydrogens is 398 g/mol. The Kier molecular flexibility index (Phi) is 4.94. The summed E-state index contributed by atoms with van der Waals surface area (Å²) in [6, 6.07) is 9.10. The molecule has 1 atom stereocenters. The lowest BCUT2D eigenvalue weighted by atomic mass is 10.1. The molecule has 154 valence electrons. The summed E-state index contributed by atoms with van der Waals surface area (Å²) >= 11 is 1.53. The van der Waals surface area contributed by atoms with Crippen molar-refractivity contribution in [2.45, 2.75) is 50.4 Å². The van der Waals surface area contributed by atoms with Gasteiger partial charge in [0.05, 0.1) is 17.4 Å². The number of hydrogen-bond donors (Lipinski definition) is 1. The molecule has 0 saturated carbocycles. The molecule has 2 aromatic heterocycles. The third-order valence-corrected chi connectivity index (χ3v) is 6.72. The second-order valence-corrected chi connectivity index (χ2v) is 8.83. The normalized spacial score (nSPS) is 17.4. The van der Waals surface area contributed by atoms with E-state index >= 15 is 0 Å². The van der Waals surface area contributed by atoms with Crippen LogP contribution in [0, 0.1) is 6.92 Å². The Balaban J connectivity index is 1.36. The number of anilines is 1. The summed E-state index contributed by atoms with van der Waals surface area (Å²) in [6.45, 7) is 2.81. The van der Waals surface area contributed by atoms with Crippen molar-refractivity contribution in [3.63, 3.8) is 0 Å². The van der Waals surface area contributed by atoms with Crippen molar-refractivity contribution in [3.8, 4) is 11.3 Å². The molecule has 0 bridgehead atoms. The summed E-state index contributed by atoms with van der Waals surface area (Å²) in [5.41, 5.74) is 3.17. The van der Waals surface area contributed by atoms with E-state index in [-0.39, 0.29) is 23.9 Å². The first-order valence-corrected chi connectivity index (χ1v) is 11.3. The first kappa shape index (κ1) is 19.1. The molecule has 0 fully saturated rings. The molecule has 1 N–H and O–H groups in total. The van der Waals surface area contributed by atoms with Crippen LogP contribution in [0.2, 0.25) is 0 Å². The van der Waals surface area contributed by atoms with Crippen LogP contribution in [-0.2, 0) is 17.8 Å². The van der Waals surface area contributed by atoms with Crippen LogP contribution in [0.25, 0.3) is 11.3 Å². The van der Waals surface area contributed by atoms with Gasteiger partial charge in [0.1, 0.15) is 5.82 Å². The Hall–Kier alpha value is -2.87.